The number of carbonyl (C=O) groups excluding carboxylic acids is 2. The van der Waals surface area contributed by atoms with Gasteiger partial charge >= 0.3 is 5.97 Å². The van der Waals surface area contributed by atoms with E-state index in [1.807, 2.05) is 79.7 Å². The van der Waals surface area contributed by atoms with Crippen molar-refractivity contribution < 1.29 is 19.1 Å². The quantitative estimate of drug-likeness (QED) is 0.241. The van der Waals surface area contributed by atoms with Crippen LogP contribution in [0.5, 0.6) is 5.75 Å². The second-order valence-electron chi connectivity index (χ2n) is 9.39. The van der Waals surface area contributed by atoms with Crippen LogP contribution in [-0.4, -0.2) is 30.7 Å². The van der Waals surface area contributed by atoms with Gasteiger partial charge in [-0.05, 0) is 54.7 Å². The van der Waals surface area contributed by atoms with Crippen molar-refractivity contribution in [3.8, 4) is 5.75 Å². The van der Waals surface area contributed by atoms with Gasteiger partial charge < -0.3 is 9.47 Å². The molecule has 0 amide bonds. The number of nitrogens with zero attached hydrogens (tertiary/aromatic N) is 1. The Morgan fingerprint density at radius 1 is 0.919 bits per heavy atom. The summed E-state index contributed by atoms with van der Waals surface area (Å²) in [6, 6.07) is 27.3. The first kappa shape index (κ1) is 25.2. The number of carbonyl (C=O) groups is 2. The van der Waals surface area contributed by atoms with Crippen LogP contribution in [0.25, 0.3) is 0 Å². The third-order valence-electron chi connectivity index (χ3n) is 6.96. The summed E-state index contributed by atoms with van der Waals surface area (Å²) in [5.74, 6) is -0.685. The van der Waals surface area contributed by atoms with Crippen molar-refractivity contribution in [1.29, 1.82) is 0 Å². The number of aliphatic imine (C=N–C) groups is 1. The number of ether oxygens (including phenoxy) is 2. The molecule has 6 heteroatoms. The zero-order chi connectivity index (χ0) is 25.8. The Morgan fingerprint density at radius 2 is 1.62 bits per heavy atom. The van der Waals surface area contributed by atoms with E-state index in [-0.39, 0.29) is 24.9 Å². The van der Waals surface area contributed by atoms with Gasteiger partial charge in [-0.1, -0.05) is 76.6 Å². The van der Waals surface area contributed by atoms with E-state index in [1.165, 1.54) is 0 Å². The summed E-state index contributed by atoms with van der Waals surface area (Å²) in [6.07, 6.45) is 1.06. The third-order valence-corrected chi connectivity index (χ3v) is 7.45. The number of para-hydroxylation sites is 1. The summed E-state index contributed by atoms with van der Waals surface area (Å²) in [7, 11) is 0. The molecule has 2 aliphatic rings. The molecule has 5 nitrogen and oxygen atoms in total. The number of esters is 1. The lowest BCUT2D eigenvalue weighted by Crippen LogP contribution is -2.38. The molecule has 188 valence electrons. The molecule has 37 heavy (non-hydrogen) atoms. The Hall–Kier alpha value is -3.51. The third kappa shape index (κ3) is 5.59. The fourth-order valence-electron chi connectivity index (χ4n) is 5.29. The van der Waals surface area contributed by atoms with Crippen molar-refractivity contribution in [1.82, 2.24) is 0 Å². The van der Waals surface area contributed by atoms with Crippen molar-refractivity contribution >= 4 is 33.4 Å². The SMILES string of the molecule is CC1=NC2=C(C(=O)C[C@H](c3ccccc3)C2)[C@H](c2cccc(Br)c2)C1C(=O)OCCOc1ccccc1. The molecule has 0 fully saturated rings. The second-order valence-corrected chi connectivity index (χ2v) is 10.3. The highest BCUT2D eigenvalue weighted by Crippen LogP contribution is 2.47. The van der Waals surface area contributed by atoms with Gasteiger partial charge in [-0.25, -0.2) is 0 Å². The summed E-state index contributed by atoms with van der Waals surface area (Å²) in [5, 5.41) is 0. The van der Waals surface area contributed by atoms with Gasteiger partial charge in [0.1, 0.15) is 24.9 Å². The van der Waals surface area contributed by atoms with Gasteiger partial charge in [-0.2, -0.15) is 0 Å². The van der Waals surface area contributed by atoms with Gasteiger partial charge in [0.15, 0.2) is 5.78 Å². The maximum atomic E-state index is 13.7. The standard InChI is InChI=1S/C31H28BrNO4/c1-20-28(31(35)37-16-15-36-25-13-6-3-7-14-25)29(22-11-8-12-24(32)17-22)30-26(33-20)18-23(19-27(30)34)21-9-4-2-5-10-21/h2-14,17,23,28-29H,15-16,18-19H2,1H3/t23-,28?,29-/m1/s1. The van der Waals surface area contributed by atoms with Gasteiger partial charge in [0, 0.05) is 33.8 Å². The number of rotatable bonds is 7. The number of ketones is 1. The van der Waals surface area contributed by atoms with Gasteiger partial charge in [-0.3, -0.25) is 14.6 Å². The first-order valence-corrected chi connectivity index (χ1v) is 13.3. The molecule has 0 radical (unpaired) electrons. The summed E-state index contributed by atoms with van der Waals surface area (Å²) in [4.78, 5) is 32.0. The van der Waals surface area contributed by atoms with E-state index in [4.69, 9.17) is 14.5 Å². The van der Waals surface area contributed by atoms with E-state index < -0.39 is 17.8 Å². The Bertz CT molecular complexity index is 1350. The molecule has 1 aliphatic heterocycles. The molecule has 3 atom stereocenters. The average Bonchev–Trinajstić information content (AvgIpc) is 2.91. The lowest BCUT2D eigenvalue weighted by atomic mass is 9.69. The molecule has 3 aromatic rings. The Balaban J connectivity index is 1.41. The second kappa shape index (κ2) is 11.3. The van der Waals surface area contributed by atoms with Gasteiger partial charge in [0.25, 0.3) is 0 Å². The normalized spacial score (nSPS) is 21.2. The molecule has 0 N–H and O–H groups in total. The summed E-state index contributed by atoms with van der Waals surface area (Å²) in [6.45, 7) is 2.21. The van der Waals surface area contributed by atoms with E-state index in [0.29, 0.717) is 24.1 Å². The van der Waals surface area contributed by atoms with Crippen LogP contribution in [0, 0.1) is 5.92 Å². The van der Waals surface area contributed by atoms with Crippen molar-refractivity contribution in [2.24, 2.45) is 10.9 Å². The zero-order valence-electron chi connectivity index (χ0n) is 20.6. The van der Waals surface area contributed by atoms with E-state index in [9.17, 15) is 9.59 Å². The van der Waals surface area contributed by atoms with Crippen LogP contribution in [0.4, 0.5) is 0 Å². The van der Waals surface area contributed by atoms with E-state index in [0.717, 1.165) is 27.0 Å². The lowest BCUT2D eigenvalue weighted by molar-refractivity contribution is -0.147. The van der Waals surface area contributed by atoms with E-state index >= 15 is 0 Å². The molecule has 0 aromatic heterocycles. The predicted molar refractivity (Wildman–Crippen MR) is 147 cm³/mol. The average molecular weight is 558 g/mol. The number of hydrogen-bond acceptors (Lipinski definition) is 5. The number of hydrogen-bond donors (Lipinski definition) is 0. The molecule has 3 aromatic carbocycles. The largest absolute Gasteiger partial charge is 0.490 e. The molecule has 0 saturated carbocycles. The van der Waals surface area contributed by atoms with Crippen molar-refractivity contribution in [2.45, 2.75) is 31.6 Å². The number of benzene rings is 3. The van der Waals surface area contributed by atoms with Crippen LogP contribution in [-0.2, 0) is 14.3 Å². The van der Waals surface area contributed by atoms with Crippen molar-refractivity contribution in [3.05, 3.63) is 112 Å². The molecule has 5 rings (SSSR count). The minimum absolute atomic E-state index is 0.0431. The smallest absolute Gasteiger partial charge is 0.315 e. The Labute approximate surface area is 225 Å². The van der Waals surface area contributed by atoms with Crippen LogP contribution in [0.15, 0.2) is 106 Å². The monoisotopic (exact) mass is 557 g/mol. The summed E-state index contributed by atoms with van der Waals surface area (Å²) < 4.78 is 12.2. The molecule has 1 aliphatic carbocycles. The topological polar surface area (TPSA) is 65.0 Å². The minimum Gasteiger partial charge on any atom is -0.490 e. The first-order chi connectivity index (χ1) is 18.0. The maximum Gasteiger partial charge on any atom is 0.315 e. The molecule has 0 bridgehead atoms. The van der Waals surface area contributed by atoms with Crippen LogP contribution < -0.4 is 4.74 Å². The molecular weight excluding hydrogens is 530 g/mol. The summed E-state index contributed by atoms with van der Waals surface area (Å²) >= 11 is 3.55. The number of allylic oxidation sites excluding steroid dienone is 2. The minimum atomic E-state index is -0.679. The fraction of sp³-hybridized carbons (Fsp3) is 0.258. The molecule has 0 saturated heterocycles. The molecule has 1 heterocycles. The van der Waals surface area contributed by atoms with Gasteiger partial charge in [0.05, 0.1) is 0 Å². The fourth-order valence-corrected chi connectivity index (χ4v) is 5.71. The lowest BCUT2D eigenvalue weighted by Gasteiger charge is -2.36. The highest BCUT2D eigenvalue weighted by molar-refractivity contribution is 9.10. The maximum absolute atomic E-state index is 13.7. The zero-order valence-corrected chi connectivity index (χ0v) is 22.2. The number of halogens is 1. The summed E-state index contributed by atoms with van der Waals surface area (Å²) in [5.41, 5.74) is 4.11. The molecule has 1 unspecified atom stereocenters. The van der Waals surface area contributed by atoms with Crippen LogP contribution in [0.2, 0.25) is 0 Å². The highest BCUT2D eigenvalue weighted by atomic mass is 79.9. The Morgan fingerprint density at radius 3 is 2.35 bits per heavy atom. The van der Waals surface area contributed by atoms with Crippen molar-refractivity contribution in [2.75, 3.05) is 13.2 Å². The first-order valence-electron chi connectivity index (χ1n) is 12.5. The van der Waals surface area contributed by atoms with Crippen LogP contribution in [0.3, 0.4) is 0 Å². The van der Waals surface area contributed by atoms with Crippen LogP contribution in [0.1, 0.15) is 42.7 Å². The van der Waals surface area contributed by atoms with Crippen molar-refractivity contribution in [3.63, 3.8) is 0 Å². The Kier molecular flexibility index (Phi) is 7.65. The molecule has 0 spiro atoms. The van der Waals surface area contributed by atoms with Gasteiger partial charge in [0.2, 0.25) is 0 Å². The predicted octanol–water partition coefficient (Wildman–Crippen LogP) is 6.65. The van der Waals surface area contributed by atoms with Crippen LogP contribution >= 0.6 is 15.9 Å². The highest BCUT2D eigenvalue weighted by Gasteiger charge is 2.44. The molecular formula is C31H28BrNO4. The number of Topliss-reactive ketones (excluding diaryl/α,β-unsaturated/α-hetero) is 1. The van der Waals surface area contributed by atoms with Gasteiger partial charge in [-0.15, -0.1) is 0 Å². The van der Waals surface area contributed by atoms with E-state index in [1.54, 1.807) is 0 Å². The van der Waals surface area contributed by atoms with E-state index in [2.05, 4.69) is 28.1 Å².